The molecule has 1 aliphatic rings. The zero-order valence-corrected chi connectivity index (χ0v) is 30.1. The van der Waals surface area contributed by atoms with Gasteiger partial charge in [0.1, 0.15) is 29.9 Å². The molecule has 0 spiro atoms. The van der Waals surface area contributed by atoms with Gasteiger partial charge in [-0.1, -0.05) is 62.7 Å². The number of amides is 5. The van der Waals surface area contributed by atoms with E-state index in [0.717, 1.165) is 5.56 Å². The quantitative estimate of drug-likeness (QED) is 0.109. The van der Waals surface area contributed by atoms with Gasteiger partial charge in [0.25, 0.3) is 0 Å². The smallest absolute Gasteiger partial charge is 0.326 e. The number of carbonyl (C=O) groups is 6. The molecule has 0 unspecified atom stereocenters. The summed E-state index contributed by atoms with van der Waals surface area (Å²) in [5.74, 6) is -3.75. The molecule has 1 aliphatic heterocycles. The summed E-state index contributed by atoms with van der Waals surface area (Å²) in [6.45, 7) is 3.51. The second-order valence-electron chi connectivity index (χ2n) is 12.7. The zero-order chi connectivity index (χ0) is 37.5. The maximum absolute atomic E-state index is 13.5. The van der Waals surface area contributed by atoms with Crippen molar-refractivity contribution in [3.63, 3.8) is 0 Å². The summed E-state index contributed by atoms with van der Waals surface area (Å²) in [7, 11) is 0. The van der Waals surface area contributed by atoms with Crippen molar-refractivity contribution in [2.24, 2.45) is 11.7 Å². The Balaban J connectivity index is 1.61. The van der Waals surface area contributed by atoms with Crippen molar-refractivity contribution in [3.8, 4) is 5.75 Å². The number of carbonyl (C=O) groups excluding carboxylic acids is 5. The van der Waals surface area contributed by atoms with Crippen LogP contribution in [-0.2, 0) is 41.6 Å². The van der Waals surface area contributed by atoms with E-state index in [1.165, 1.54) is 28.8 Å². The molecule has 5 amide bonds. The number of phenols is 1. The van der Waals surface area contributed by atoms with E-state index in [1.54, 1.807) is 12.1 Å². The molecular formula is C36H50N6O8S. The Morgan fingerprint density at radius 3 is 2.20 bits per heavy atom. The van der Waals surface area contributed by atoms with E-state index in [1.807, 2.05) is 50.4 Å². The Bertz CT molecular complexity index is 1490. The number of rotatable bonds is 19. The number of aromatic hydroxyl groups is 1. The highest BCUT2D eigenvalue weighted by molar-refractivity contribution is 7.98. The normalized spacial score (nSPS) is 16.9. The number of hydrogen-bond acceptors (Lipinski definition) is 9. The number of benzene rings is 2. The second-order valence-corrected chi connectivity index (χ2v) is 13.7. The predicted molar refractivity (Wildman–Crippen MR) is 194 cm³/mol. The van der Waals surface area contributed by atoms with Crippen molar-refractivity contribution in [2.75, 3.05) is 25.1 Å². The molecule has 1 heterocycles. The molecule has 278 valence electrons. The molecule has 6 atom stereocenters. The van der Waals surface area contributed by atoms with E-state index in [9.17, 15) is 39.0 Å². The maximum Gasteiger partial charge on any atom is 0.326 e. The zero-order valence-electron chi connectivity index (χ0n) is 29.3. The first-order valence-electron chi connectivity index (χ1n) is 17.1. The van der Waals surface area contributed by atoms with Crippen LogP contribution in [0.5, 0.6) is 5.75 Å². The lowest BCUT2D eigenvalue weighted by molar-refractivity contribution is -0.144. The van der Waals surface area contributed by atoms with Crippen molar-refractivity contribution in [3.05, 3.63) is 65.7 Å². The third-order valence-corrected chi connectivity index (χ3v) is 9.60. The van der Waals surface area contributed by atoms with Crippen LogP contribution in [0.3, 0.4) is 0 Å². The molecule has 3 rings (SSSR count). The lowest BCUT2D eigenvalue weighted by Gasteiger charge is -2.28. The number of phenolic OH excluding ortho intramolecular Hbond substituents is 1. The molecular weight excluding hydrogens is 676 g/mol. The number of nitrogens with two attached hydrogens (primary N) is 1. The number of likely N-dealkylation sites (tertiary alicyclic amines) is 1. The minimum atomic E-state index is -1.26. The van der Waals surface area contributed by atoms with Gasteiger partial charge in [-0.25, -0.2) is 4.79 Å². The fraction of sp³-hybridized carbons (Fsp3) is 0.500. The molecule has 0 aromatic heterocycles. The summed E-state index contributed by atoms with van der Waals surface area (Å²) in [6.07, 6.45) is 3.77. The highest BCUT2D eigenvalue weighted by Crippen LogP contribution is 2.19. The Kier molecular flexibility index (Phi) is 16.2. The van der Waals surface area contributed by atoms with Crippen LogP contribution >= 0.6 is 11.8 Å². The van der Waals surface area contributed by atoms with Crippen LogP contribution in [0, 0.1) is 5.92 Å². The minimum Gasteiger partial charge on any atom is -0.508 e. The molecule has 0 bridgehead atoms. The third-order valence-electron chi connectivity index (χ3n) is 8.95. The van der Waals surface area contributed by atoms with Crippen LogP contribution in [0.25, 0.3) is 0 Å². The minimum absolute atomic E-state index is 0.0245. The molecule has 0 aliphatic carbocycles. The van der Waals surface area contributed by atoms with Crippen molar-refractivity contribution >= 4 is 47.3 Å². The molecule has 2 aromatic carbocycles. The van der Waals surface area contributed by atoms with Gasteiger partial charge in [-0.15, -0.1) is 0 Å². The van der Waals surface area contributed by atoms with Gasteiger partial charge in [0.2, 0.25) is 29.5 Å². The van der Waals surface area contributed by atoms with Gasteiger partial charge < -0.3 is 42.1 Å². The highest BCUT2D eigenvalue weighted by atomic mass is 32.2. The Morgan fingerprint density at radius 1 is 0.902 bits per heavy atom. The fourth-order valence-electron chi connectivity index (χ4n) is 5.75. The van der Waals surface area contributed by atoms with E-state index in [-0.39, 0.29) is 37.5 Å². The number of hydrogen-bond donors (Lipinski definition) is 7. The van der Waals surface area contributed by atoms with Crippen molar-refractivity contribution in [1.29, 1.82) is 0 Å². The number of nitrogens with zero attached hydrogens (tertiary/aromatic N) is 1. The number of aliphatic carboxylic acids is 1. The summed E-state index contributed by atoms with van der Waals surface area (Å²) >= 11 is 1.47. The molecule has 0 saturated carbocycles. The van der Waals surface area contributed by atoms with E-state index in [0.29, 0.717) is 30.6 Å². The summed E-state index contributed by atoms with van der Waals surface area (Å²) < 4.78 is 0. The second kappa shape index (κ2) is 20.3. The number of thioether (sulfide) groups is 1. The summed E-state index contributed by atoms with van der Waals surface area (Å²) in [4.78, 5) is 79.6. The lowest BCUT2D eigenvalue weighted by Crippen LogP contribution is -2.58. The predicted octanol–water partition coefficient (Wildman–Crippen LogP) is 0.950. The topological polar surface area (TPSA) is 220 Å². The van der Waals surface area contributed by atoms with E-state index < -0.39 is 72.3 Å². The van der Waals surface area contributed by atoms with Crippen molar-refractivity contribution in [1.82, 2.24) is 26.2 Å². The van der Waals surface area contributed by atoms with Gasteiger partial charge in [-0.05, 0) is 66.9 Å². The maximum atomic E-state index is 13.5. The first-order chi connectivity index (χ1) is 24.3. The van der Waals surface area contributed by atoms with E-state index >= 15 is 0 Å². The molecule has 0 radical (unpaired) electrons. The summed E-state index contributed by atoms with van der Waals surface area (Å²) in [6, 6.07) is 10.2. The molecule has 14 nitrogen and oxygen atoms in total. The SMILES string of the molecule is CC[C@H](C)[C@H](NC(=O)[C@@H](N)Cc1ccccc1)C(=O)N[C@@H](CCSC)C(=O)NCC(=O)N1CCC[C@H]1C(=O)N[C@@H](Cc1ccc(O)cc1)C(=O)O. The van der Waals surface area contributed by atoms with Crippen LogP contribution < -0.4 is 27.0 Å². The molecule has 2 aromatic rings. The molecule has 8 N–H and O–H groups in total. The van der Waals surface area contributed by atoms with Crippen LogP contribution in [0.1, 0.15) is 50.7 Å². The van der Waals surface area contributed by atoms with Crippen LogP contribution in [0.4, 0.5) is 0 Å². The average molecular weight is 727 g/mol. The van der Waals surface area contributed by atoms with Crippen molar-refractivity contribution < 1.29 is 39.0 Å². The molecule has 1 saturated heterocycles. The number of carboxylic acids is 1. The average Bonchev–Trinajstić information content (AvgIpc) is 3.62. The first kappa shape index (κ1) is 40.8. The van der Waals surface area contributed by atoms with Crippen LogP contribution in [0.2, 0.25) is 0 Å². The Hall–Kier alpha value is -4.63. The van der Waals surface area contributed by atoms with Gasteiger partial charge in [0, 0.05) is 13.0 Å². The summed E-state index contributed by atoms with van der Waals surface area (Å²) in [5.41, 5.74) is 7.64. The standard InChI is InChI=1S/C36H50N6O8S/c1-4-22(2)31(41-32(45)26(37)19-23-9-6-5-7-10-23)35(48)39-27(16-18-51-3)33(46)38-21-30(44)42-17-8-11-29(42)34(47)40-28(36(49)50)20-24-12-14-25(43)15-13-24/h5-7,9-10,12-15,22,26-29,31,43H,4,8,11,16-21,37H2,1-3H3,(H,38,46)(H,39,48)(H,40,47)(H,41,45)(H,49,50)/t22-,26-,27-,28-,29-,31-/m0/s1. The fourth-order valence-corrected chi connectivity index (χ4v) is 6.22. The van der Waals surface area contributed by atoms with Gasteiger partial charge in [0.15, 0.2) is 0 Å². The Labute approximate surface area is 302 Å². The van der Waals surface area contributed by atoms with Gasteiger partial charge in [-0.2, -0.15) is 11.8 Å². The number of carboxylic acid groups (broad SMARTS) is 1. The van der Waals surface area contributed by atoms with Gasteiger partial charge >= 0.3 is 5.97 Å². The largest absolute Gasteiger partial charge is 0.508 e. The monoisotopic (exact) mass is 726 g/mol. The van der Waals surface area contributed by atoms with E-state index in [4.69, 9.17) is 5.73 Å². The Morgan fingerprint density at radius 2 is 1.57 bits per heavy atom. The summed E-state index contributed by atoms with van der Waals surface area (Å²) in [5, 5.41) is 29.9. The molecule has 1 fully saturated rings. The highest BCUT2D eigenvalue weighted by Gasteiger charge is 2.36. The van der Waals surface area contributed by atoms with Crippen molar-refractivity contribution in [2.45, 2.75) is 82.6 Å². The van der Waals surface area contributed by atoms with Gasteiger partial charge in [-0.3, -0.25) is 24.0 Å². The third kappa shape index (κ3) is 12.6. The number of nitrogens with one attached hydrogen (secondary N) is 4. The van der Waals surface area contributed by atoms with Crippen LogP contribution in [0.15, 0.2) is 54.6 Å². The van der Waals surface area contributed by atoms with Gasteiger partial charge in [0.05, 0.1) is 12.6 Å². The molecule has 51 heavy (non-hydrogen) atoms. The molecule has 15 heteroatoms. The first-order valence-corrected chi connectivity index (χ1v) is 18.5. The van der Waals surface area contributed by atoms with Crippen LogP contribution in [-0.4, -0.2) is 106 Å². The lowest BCUT2D eigenvalue weighted by atomic mass is 9.96. The van der Waals surface area contributed by atoms with E-state index in [2.05, 4.69) is 21.3 Å².